The second-order valence-electron chi connectivity index (χ2n) is 2.60. The van der Waals surface area contributed by atoms with Crippen molar-refractivity contribution in [3.63, 3.8) is 0 Å². The first-order valence-corrected chi connectivity index (χ1v) is 3.92. The highest BCUT2D eigenvalue weighted by molar-refractivity contribution is 5.11. The average Bonchev–Trinajstić information content (AvgIpc) is 2.38. The maximum absolute atomic E-state index is 11.9. The lowest BCUT2D eigenvalue weighted by atomic mass is 10.3. The van der Waals surface area contributed by atoms with Crippen molar-refractivity contribution in [2.24, 2.45) is 0 Å². The molecule has 1 aromatic heterocycles. The predicted molar refractivity (Wildman–Crippen MR) is 42.6 cm³/mol. The van der Waals surface area contributed by atoms with Crippen molar-refractivity contribution < 1.29 is 8.78 Å². The molecule has 0 unspecified atom stereocenters. The SMILES string of the molecule is Cc1c(CCF)ncn1CCF. The molecule has 0 saturated carbocycles. The van der Waals surface area contributed by atoms with Crippen LogP contribution in [0.1, 0.15) is 11.4 Å². The second kappa shape index (κ2) is 4.18. The van der Waals surface area contributed by atoms with E-state index in [0.717, 1.165) is 11.4 Å². The molecule has 0 aliphatic rings. The van der Waals surface area contributed by atoms with E-state index in [-0.39, 0.29) is 0 Å². The topological polar surface area (TPSA) is 17.8 Å². The Bertz CT molecular complexity index is 222. The highest BCUT2D eigenvalue weighted by Gasteiger charge is 2.04. The molecule has 0 aliphatic carbocycles. The van der Waals surface area contributed by atoms with Gasteiger partial charge in [0.05, 0.1) is 25.2 Å². The van der Waals surface area contributed by atoms with Gasteiger partial charge in [0.25, 0.3) is 0 Å². The third-order valence-corrected chi connectivity index (χ3v) is 1.86. The van der Waals surface area contributed by atoms with Crippen LogP contribution in [0, 0.1) is 6.92 Å². The molecule has 0 saturated heterocycles. The van der Waals surface area contributed by atoms with Gasteiger partial charge in [-0.15, -0.1) is 0 Å². The van der Waals surface area contributed by atoms with E-state index in [1.807, 2.05) is 6.92 Å². The Kier molecular flexibility index (Phi) is 3.19. The summed E-state index contributed by atoms with van der Waals surface area (Å²) in [6.45, 7) is 1.32. The van der Waals surface area contributed by atoms with Gasteiger partial charge >= 0.3 is 0 Å². The first-order chi connectivity index (χ1) is 5.79. The summed E-state index contributed by atoms with van der Waals surface area (Å²) >= 11 is 0. The number of nitrogens with zero attached hydrogens (tertiary/aromatic N) is 2. The van der Waals surface area contributed by atoms with Crippen molar-refractivity contribution >= 4 is 0 Å². The Hall–Kier alpha value is -0.930. The fourth-order valence-electron chi connectivity index (χ4n) is 1.14. The molecule has 0 N–H and O–H groups in total. The number of imidazole rings is 1. The Morgan fingerprint density at radius 3 is 2.75 bits per heavy atom. The minimum absolute atomic E-state index is 0.311. The third-order valence-electron chi connectivity index (χ3n) is 1.86. The number of aryl methyl sites for hydroxylation is 2. The normalized spacial score (nSPS) is 10.6. The summed E-state index contributed by atoms with van der Waals surface area (Å²) in [4.78, 5) is 3.98. The lowest BCUT2D eigenvalue weighted by molar-refractivity contribution is 0.441. The van der Waals surface area contributed by atoms with Gasteiger partial charge < -0.3 is 4.57 Å². The van der Waals surface area contributed by atoms with Crippen LogP contribution in [-0.2, 0) is 13.0 Å². The monoisotopic (exact) mass is 174 g/mol. The molecule has 1 aromatic rings. The summed E-state index contributed by atoms with van der Waals surface area (Å²) in [5.74, 6) is 0. The summed E-state index contributed by atoms with van der Waals surface area (Å²) in [6, 6.07) is 0. The van der Waals surface area contributed by atoms with Crippen molar-refractivity contribution in [3.05, 3.63) is 17.7 Å². The van der Waals surface area contributed by atoms with E-state index >= 15 is 0 Å². The molecule has 68 valence electrons. The van der Waals surface area contributed by atoms with Crippen molar-refractivity contribution in [2.45, 2.75) is 19.9 Å². The third kappa shape index (κ3) is 1.81. The van der Waals surface area contributed by atoms with Crippen LogP contribution in [0.15, 0.2) is 6.33 Å². The Balaban J connectivity index is 2.74. The van der Waals surface area contributed by atoms with E-state index < -0.39 is 13.3 Å². The fourth-order valence-corrected chi connectivity index (χ4v) is 1.14. The lowest BCUT2D eigenvalue weighted by Crippen LogP contribution is -2.01. The molecule has 1 rings (SSSR count). The van der Waals surface area contributed by atoms with Gasteiger partial charge in [-0.3, -0.25) is 4.39 Å². The number of halogens is 2. The van der Waals surface area contributed by atoms with Gasteiger partial charge in [-0.25, -0.2) is 9.37 Å². The van der Waals surface area contributed by atoms with Gasteiger partial charge in [-0.05, 0) is 6.92 Å². The molecule has 2 nitrogen and oxygen atoms in total. The fraction of sp³-hybridized carbons (Fsp3) is 0.625. The molecule has 0 aromatic carbocycles. The summed E-state index contributed by atoms with van der Waals surface area (Å²) in [6.07, 6.45) is 1.88. The molecule has 0 atom stereocenters. The summed E-state index contributed by atoms with van der Waals surface area (Å²) in [7, 11) is 0. The van der Waals surface area contributed by atoms with Crippen LogP contribution in [0.2, 0.25) is 0 Å². The van der Waals surface area contributed by atoms with Gasteiger partial charge in [0.1, 0.15) is 6.67 Å². The predicted octanol–water partition coefficient (Wildman–Crippen LogP) is 1.67. The molecular formula is C8H12F2N2. The zero-order chi connectivity index (χ0) is 8.97. The zero-order valence-electron chi connectivity index (χ0n) is 7.06. The summed E-state index contributed by atoms with van der Waals surface area (Å²) < 4.78 is 25.6. The molecule has 0 radical (unpaired) electrons. The first kappa shape index (κ1) is 9.16. The van der Waals surface area contributed by atoms with Gasteiger partial charge in [0.2, 0.25) is 0 Å². The molecule has 12 heavy (non-hydrogen) atoms. The van der Waals surface area contributed by atoms with E-state index in [0.29, 0.717) is 13.0 Å². The first-order valence-electron chi connectivity index (χ1n) is 3.92. The number of alkyl halides is 2. The lowest BCUT2D eigenvalue weighted by Gasteiger charge is -2.00. The minimum atomic E-state index is -0.410. The van der Waals surface area contributed by atoms with Crippen molar-refractivity contribution in [1.29, 1.82) is 0 Å². The summed E-state index contributed by atoms with van der Waals surface area (Å²) in [5, 5.41) is 0. The smallest absolute Gasteiger partial charge is 0.107 e. The van der Waals surface area contributed by atoms with E-state index in [2.05, 4.69) is 4.98 Å². The highest BCUT2D eigenvalue weighted by atomic mass is 19.1. The molecule has 0 fully saturated rings. The largest absolute Gasteiger partial charge is 0.332 e. The number of aromatic nitrogens is 2. The Labute approximate surface area is 70.2 Å². The van der Waals surface area contributed by atoms with E-state index in [4.69, 9.17) is 0 Å². The number of hydrogen-bond acceptors (Lipinski definition) is 1. The van der Waals surface area contributed by atoms with Crippen molar-refractivity contribution in [1.82, 2.24) is 9.55 Å². The van der Waals surface area contributed by atoms with Crippen LogP contribution < -0.4 is 0 Å². The zero-order valence-corrected chi connectivity index (χ0v) is 7.06. The Morgan fingerprint density at radius 2 is 2.17 bits per heavy atom. The standard InChI is InChI=1S/C8H12F2N2/c1-7-8(2-3-9)11-6-12(7)5-4-10/h6H,2-5H2,1H3. The molecule has 4 heteroatoms. The van der Waals surface area contributed by atoms with E-state index in [1.54, 1.807) is 10.9 Å². The van der Waals surface area contributed by atoms with Crippen molar-refractivity contribution in [3.8, 4) is 0 Å². The average molecular weight is 174 g/mol. The van der Waals surface area contributed by atoms with E-state index in [1.165, 1.54) is 0 Å². The molecular weight excluding hydrogens is 162 g/mol. The Morgan fingerprint density at radius 1 is 1.42 bits per heavy atom. The van der Waals surface area contributed by atoms with E-state index in [9.17, 15) is 8.78 Å². The van der Waals surface area contributed by atoms with Crippen LogP contribution in [-0.4, -0.2) is 22.9 Å². The van der Waals surface area contributed by atoms with Crippen LogP contribution >= 0.6 is 0 Å². The number of hydrogen-bond donors (Lipinski definition) is 0. The molecule has 0 spiro atoms. The van der Waals surface area contributed by atoms with Crippen LogP contribution in [0.3, 0.4) is 0 Å². The quantitative estimate of drug-likeness (QED) is 0.679. The molecule has 0 amide bonds. The minimum Gasteiger partial charge on any atom is -0.332 e. The van der Waals surface area contributed by atoms with Crippen LogP contribution in [0.5, 0.6) is 0 Å². The van der Waals surface area contributed by atoms with Crippen LogP contribution in [0.25, 0.3) is 0 Å². The molecule has 0 aliphatic heterocycles. The van der Waals surface area contributed by atoms with Gasteiger partial charge in [-0.2, -0.15) is 0 Å². The molecule has 1 heterocycles. The van der Waals surface area contributed by atoms with Gasteiger partial charge in [0, 0.05) is 12.1 Å². The molecule has 0 bridgehead atoms. The van der Waals surface area contributed by atoms with Crippen molar-refractivity contribution in [2.75, 3.05) is 13.3 Å². The maximum atomic E-state index is 11.9. The highest BCUT2D eigenvalue weighted by Crippen LogP contribution is 2.06. The van der Waals surface area contributed by atoms with Gasteiger partial charge in [-0.1, -0.05) is 0 Å². The number of rotatable bonds is 4. The van der Waals surface area contributed by atoms with Crippen LogP contribution in [0.4, 0.5) is 8.78 Å². The van der Waals surface area contributed by atoms with Gasteiger partial charge in [0.15, 0.2) is 0 Å². The maximum Gasteiger partial charge on any atom is 0.107 e. The summed E-state index contributed by atoms with van der Waals surface area (Å²) in [5.41, 5.74) is 1.59. The second-order valence-corrected chi connectivity index (χ2v) is 2.60.